The summed E-state index contributed by atoms with van der Waals surface area (Å²) in [5.74, 6) is -3.06. The van der Waals surface area contributed by atoms with Crippen molar-refractivity contribution in [3.05, 3.63) is 83.1 Å². The van der Waals surface area contributed by atoms with Crippen LogP contribution in [0.15, 0.2) is 54.6 Å². The highest BCUT2D eigenvalue weighted by Crippen LogP contribution is 2.41. The van der Waals surface area contributed by atoms with Crippen LogP contribution >= 0.6 is 0 Å². The zero-order valence-corrected chi connectivity index (χ0v) is 20.1. The van der Waals surface area contributed by atoms with Gasteiger partial charge in [0.1, 0.15) is 17.7 Å². The number of aromatic nitrogens is 2. The molecule has 2 atom stereocenters. The molecule has 2 unspecified atom stereocenters. The number of carbonyl (C=O) groups is 2. The molecule has 1 aliphatic rings. The van der Waals surface area contributed by atoms with Crippen molar-refractivity contribution in [2.75, 3.05) is 25.5 Å². The third-order valence-corrected chi connectivity index (χ3v) is 6.71. The van der Waals surface area contributed by atoms with Crippen molar-refractivity contribution in [2.24, 2.45) is 0 Å². The average Bonchev–Trinajstić information content (AvgIpc) is 3.33. The Labute approximate surface area is 207 Å². The van der Waals surface area contributed by atoms with Crippen molar-refractivity contribution in [2.45, 2.75) is 37.3 Å². The van der Waals surface area contributed by atoms with Gasteiger partial charge in [-0.1, -0.05) is 30.3 Å². The van der Waals surface area contributed by atoms with Gasteiger partial charge >= 0.3 is 0 Å². The molecule has 1 aromatic heterocycles. The number of benzene rings is 2. The van der Waals surface area contributed by atoms with Gasteiger partial charge in [0.15, 0.2) is 11.9 Å². The number of amides is 2. The number of carbonyl (C=O) groups excluding carboxylic acids is 2. The van der Waals surface area contributed by atoms with Crippen LogP contribution in [0.25, 0.3) is 0 Å². The molecule has 2 amide bonds. The van der Waals surface area contributed by atoms with Gasteiger partial charge in [0, 0.05) is 23.2 Å². The van der Waals surface area contributed by atoms with Crippen molar-refractivity contribution >= 4 is 17.6 Å². The van der Waals surface area contributed by atoms with E-state index in [0.29, 0.717) is 11.9 Å². The number of nitrogens with zero attached hydrogens (tertiary/aromatic N) is 2. The second-order valence-electron chi connectivity index (χ2n) is 9.24. The van der Waals surface area contributed by atoms with Gasteiger partial charge in [-0.25, -0.2) is 8.78 Å². The number of likely N-dealkylation sites (tertiary alicyclic amines) is 1. The maximum atomic E-state index is 13.4. The fraction of sp³-hybridized carbons (Fsp3) is 0.346. The molecule has 36 heavy (non-hydrogen) atoms. The number of H-pyrrole nitrogens is 1. The molecule has 0 spiro atoms. The molecule has 2 heterocycles. The van der Waals surface area contributed by atoms with Gasteiger partial charge in [0.05, 0.1) is 0 Å². The maximum Gasteiger partial charge on any atom is 0.254 e. The summed E-state index contributed by atoms with van der Waals surface area (Å²) in [7, 11) is 2.09. The normalized spacial score (nSPS) is 17.2. The van der Waals surface area contributed by atoms with E-state index in [-0.39, 0.29) is 11.0 Å². The van der Waals surface area contributed by atoms with E-state index in [0.717, 1.165) is 43.8 Å². The van der Waals surface area contributed by atoms with Gasteiger partial charge in [0.25, 0.3) is 5.91 Å². The number of aliphatic hydroxyl groups excluding tert-OH is 1. The number of piperidine rings is 1. The summed E-state index contributed by atoms with van der Waals surface area (Å²) in [6.45, 7) is 3.26. The number of nitrogens with one attached hydrogen (secondary N) is 3. The molecular formula is C26H29F2N5O3. The Morgan fingerprint density at radius 3 is 2.33 bits per heavy atom. The lowest BCUT2D eigenvalue weighted by Crippen LogP contribution is -2.43. The minimum absolute atomic E-state index is 0.251. The molecule has 2 aromatic carbocycles. The van der Waals surface area contributed by atoms with Crippen molar-refractivity contribution in [3.8, 4) is 0 Å². The Balaban J connectivity index is 1.44. The Morgan fingerprint density at radius 1 is 1.06 bits per heavy atom. The van der Waals surface area contributed by atoms with Crippen LogP contribution in [0.3, 0.4) is 0 Å². The second kappa shape index (κ2) is 10.5. The van der Waals surface area contributed by atoms with Gasteiger partial charge in [-0.05, 0) is 63.2 Å². The summed E-state index contributed by atoms with van der Waals surface area (Å²) in [4.78, 5) is 27.3. The Bertz CT molecular complexity index is 1210. The number of anilines is 1. The van der Waals surface area contributed by atoms with Gasteiger partial charge in [-0.2, -0.15) is 5.10 Å². The van der Waals surface area contributed by atoms with Gasteiger partial charge in [-0.15, -0.1) is 0 Å². The summed E-state index contributed by atoms with van der Waals surface area (Å²) in [5, 5.41) is 22.5. The molecule has 190 valence electrons. The number of hydrogen-bond acceptors (Lipinski definition) is 5. The number of rotatable bonds is 7. The SMILES string of the molecule is CC(NC(=O)C(O)c1cc(F)cc(F)c1)C(=O)Nc1cc(C2(c3ccccc3)CCN(C)CC2)[nH]n1. The zero-order chi connectivity index (χ0) is 25.9. The lowest BCUT2D eigenvalue weighted by molar-refractivity contribution is -0.132. The summed E-state index contributed by atoms with van der Waals surface area (Å²) in [6.07, 6.45) is -0.0695. The summed E-state index contributed by atoms with van der Waals surface area (Å²) < 4.78 is 26.8. The van der Waals surface area contributed by atoms with Crippen LogP contribution < -0.4 is 10.6 Å². The maximum absolute atomic E-state index is 13.4. The Hall–Kier alpha value is -3.63. The molecule has 8 nitrogen and oxygen atoms in total. The summed E-state index contributed by atoms with van der Waals surface area (Å²) in [5.41, 5.74) is 1.53. The van der Waals surface area contributed by atoms with Crippen LogP contribution in [0, 0.1) is 11.6 Å². The van der Waals surface area contributed by atoms with E-state index in [9.17, 15) is 23.5 Å². The molecule has 0 bridgehead atoms. The van der Waals surface area contributed by atoms with E-state index >= 15 is 0 Å². The lowest BCUT2D eigenvalue weighted by atomic mass is 9.70. The van der Waals surface area contributed by atoms with Crippen LogP contribution in [0.2, 0.25) is 0 Å². The predicted molar refractivity (Wildman–Crippen MR) is 130 cm³/mol. The highest BCUT2D eigenvalue weighted by Gasteiger charge is 2.39. The van der Waals surface area contributed by atoms with Crippen molar-refractivity contribution in [1.82, 2.24) is 20.4 Å². The number of hydrogen-bond donors (Lipinski definition) is 4. The second-order valence-corrected chi connectivity index (χ2v) is 9.24. The largest absolute Gasteiger partial charge is 0.378 e. The van der Waals surface area contributed by atoms with E-state index in [1.54, 1.807) is 6.07 Å². The fourth-order valence-corrected chi connectivity index (χ4v) is 4.58. The van der Waals surface area contributed by atoms with Gasteiger partial charge in [0.2, 0.25) is 5.91 Å². The molecule has 4 N–H and O–H groups in total. The third kappa shape index (κ3) is 5.44. The molecule has 4 rings (SSSR count). The average molecular weight is 498 g/mol. The minimum atomic E-state index is -1.84. The quantitative estimate of drug-likeness (QED) is 0.401. The molecule has 1 fully saturated rings. The smallest absolute Gasteiger partial charge is 0.254 e. The fourth-order valence-electron chi connectivity index (χ4n) is 4.58. The first-order valence-corrected chi connectivity index (χ1v) is 11.7. The van der Waals surface area contributed by atoms with Crippen LogP contribution in [0.4, 0.5) is 14.6 Å². The highest BCUT2D eigenvalue weighted by atomic mass is 19.1. The van der Waals surface area contributed by atoms with Gasteiger partial charge in [-0.3, -0.25) is 14.7 Å². The third-order valence-electron chi connectivity index (χ3n) is 6.71. The molecular weight excluding hydrogens is 468 g/mol. The van der Waals surface area contributed by atoms with Gasteiger partial charge < -0.3 is 20.6 Å². The van der Waals surface area contributed by atoms with Crippen LogP contribution in [-0.4, -0.2) is 58.2 Å². The van der Waals surface area contributed by atoms with E-state index in [2.05, 4.69) is 44.9 Å². The molecule has 0 aliphatic carbocycles. The monoisotopic (exact) mass is 497 g/mol. The minimum Gasteiger partial charge on any atom is -0.378 e. The number of aromatic amines is 1. The Morgan fingerprint density at radius 2 is 1.69 bits per heavy atom. The summed E-state index contributed by atoms with van der Waals surface area (Å²) in [6, 6.07) is 13.3. The predicted octanol–water partition coefficient (Wildman–Crippen LogP) is 2.88. The van der Waals surface area contributed by atoms with Crippen LogP contribution in [-0.2, 0) is 15.0 Å². The van der Waals surface area contributed by atoms with Crippen molar-refractivity contribution in [1.29, 1.82) is 0 Å². The number of halogens is 2. The Kier molecular flexibility index (Phi) is 7.46. The molecule has 3 aromatic rings. The van der Waals surface area contributed by atoms with E-state index in [1.165, 1.54) is 12.5 Å². The first-order valence-electron chi connectivity index (χ1n) is 11.7. The molecule has 0 saturated carbocycles. The molecule has 10 heteroatoms. The molecule has 1 aliphatic heterocycles. The summed E-state index contributed by atoms with van der Waals surface area (Å²) >= 11 is 0. The number of aliphatic hydroxyl groups is 1. The standard InChI is InChI=1S/C26H29F2N5O3/c1-16(29-25(36)23(34)17-12-19(27)14-20(28)13-17)24(35)30-22-15-21(31-32-22)26(8-10-33(2)11-9-26)18-6-4-3-5-7-18/h3-7,12-16,23,34H,8-11H2,1-2H3,(H,29,36)(H2,30,31,32,35). The first kappa shape index (κ1) is 25.5. The van der Waals surface area contributed by atoms with Crippen molar-refractivity contribution < 1.29 is 23.5 Å². The van der Waals surface area contributed by atoms with E-state index in [4.69, 9.17) is 0 Å². The van der Waals surface area contributed by atoms with E-state index in [1.807, 2.05) is 18.2 Å². The topological polar surface area (TPSA) is 110 Å². The first-order chi connectivity index (χ1) is 17.2. The zero-order valence-electron chi connectivity index (χ0n) is 20.1. The van der Waals surface area contributed by atoms with Crippen molar-refractivity contribution in [3.63, 3.8) is 0 Å². The highest BCUT2D eigenvalue weighted by molar-refractivity contribution is 5.97. The van der Waals surface area contributed by atoms with Crippen LogP contribution in [0.5, 0.6) is 0 Å². The molecule has 1 saturated heterocycles. The van der Waals surface area contributed by atoms with Crippen LogP contribution in [0.1, 0.15) is 42.7 Å². The van der Waals surface area contributed by atoms with E-state index < -0.39 is 35.6 Å². The molecule has 0 radical (unpaired) electrons. The lowest BCUT2D eigenvalue weighted by Gasteiger charge is -2.40.